The molecule has 0 radical (unpaired) electrons. The number of phenols is 1. The van der Waals surface area contributed by atoms with Crippen molar-refractivity contribution in [2.24, 2.45) is 0 Å². The fraction of sp³-hybridized carbons (Fsp3) is 0.250. The molecule has 114 valence electrons. The molecule has 0 fully saturated rings. The predicted octanol–water partition coefficient (Wildman–Crippen LogP) is 2.87. The summed E-state index contributed by atoms with van der Waals surface area (Å²) < 4.78 is 5.34. The summed E-state index contributed by atoms with van der Waals surface area (Å²) in [6, 6.07) is 9.94. The van der Waals surface area contributed by atoms with E-state index in [9.17, 15) is 15.2 Å². The smallest absolute Gasteiger partial charge is 0.271 e. The third kappa shape index (κ3) is 2.55. The maximum absolute atomic E-state index is 11.0. The van der Waals surface area contributed by atoms with Crippen molar-refractivity contribution in [3.8, 4) is 11.5 Å². The van der Waals surface area contributed by atoms with E-state index in [0.717, 1.165) is 23.2 Å². The van der Waals surface area contributed by atoms with Gasteiger partial charge < -0.3 is 14.7 Å². The Balaban J connectivity index is 1.96. The van der Waals surface area contributed by atoms with Gasteiger partial charge >= 0.3 is 0 Å². The van der Waals surface area contributed by atoms with Gasteiger partial charge in [-0.2, -0.15) is 0 Å². The summed E-state index contributed by atoms with van der Waals surface area (Å²) in [6.45, 7) is 1.35. The zero-order valence-corrected chi connectivity index (χ0v) is 12.2. The van der Waals surface area contributed by atoms with Crippen molar-refractivity contribution >= 4 is 11.4 Å². The lowest BCUT2D eigenvalue weighted by atomic mass is 9.99. The van der Waals surface area contributed by atoms with E-state index in [2.05, 4.69) is 4.90 Å². The zero-order valence-electron chi connectivity index (χ0n) is 12.2. The Morgan fingerprint density at radius 1 is 1.23 bits per heavy atom. The number of benzene rings is 2. The maximum atomic E-state index is 11.0. The lowest BCUT2D eigenvalue weighted by Crippen LogP contribution is -2.30. The van der Waals surface area contributed by atoms with Crippen LogP contribution < -0.4 is 9.64 Å². The van der Waals surface area contributed by atoms with Gasteiger partial charge in [-0.1, -0.05) is 6.07 Å². The molecule has 2 aromatic carbocycles. The van der Waals surface area contributed by atoms with Gasteiger partial charge in [0.2, 0.25) is 0 Å². The fourth-order valence-electron chi connectivity index (χ4n) is 2.78. The monoisotopic (exact) mass is 300 g/mol. The van der Waals surface area contributed by atoms with E-state index in [4.69, 9.17) is 4.74 Å². The van der Waals surface area contributed by atoms with E-state index in [-0.39, 0.29) is 11.4 Å². The number of rotatable bonds is 3. The van der Waals surface area contributed by atoms with Gasteiger partial charge in [-0.05, 0) is 35.7 Å². The second kappa shape index (κ2) is 5.55. The molecule has 3 rings (SSSR count). The molecule has 1 heterocycles. The van der Waals surface area contributed by atoms with Crippen LogP contribution in [0.25, 0.3) is 0 Å². The molecular weight excluding hydrogens is 284 g/mol. The van der Waals surface area contributed by atoms with Gasteiger partial charge in [-0.15, -0.1) is 0 Å². The largest absolute Gasteiger partial charge is 0.508 e. The molecule has 0 amide bonds. The number of non-ortho nitro benzene ring substituents is 1. The third-order valence-electron chi connectivity index (χ3n) is 3.92. The number of methoxy groups -OCH3 is 1. The van der Waals surface area contributed by atoms with Crippen molar-refractivity contribution in [1.82, 2.24) is 0 Å². The minimum absolute atomic E-state index is 0.0484. The molecule has 1 N–H and O–H groups in total. The highest BCUT2D eigenvalue weighted by Gasteiger charge is 2.21. The van der Waals surface area contributed by atoms with E-state index in [1.807, 2.05) is 6.07 Å². The molecule has 0 spiro atoms. The van der Waals surface area contributed by atoms with Crippen LogP contribution in [0.2, 0.25) is 0 Å². The van der Waals surface area contributed by atoms with Crippen molar-refractivity contribution in [3.63, 3.8) is 0 Å². The number of aromatic hydroxyl groups is 1. The normalized spacial score (nSPS) is 13.6. The van der Waals surface area contributed by atoms with E-state index in [1.54, 1.807) is 31.4 Å². The topological polar surface area (TPSA) is 75.8 Å². The van der Waals surface area contributed by atoms with Crippen LogP contribution in [0, 0.1) is 10.1 Å². The van der Waals surface area contributed by atoms with E-state index >= 15 is 0 Å². The van der Waals surface area contributed by atoms with Gasteiger partial charge in [-0.25, -0.2) is 0 Å². The van der Waals surface area contributed by atoms with Crippen molar-refractivity contribution in [3.05, 3.63) is 57.6 Å². The number of ether oxygens (including phenoxy) is 1. The molecule has 0 saturated carbocycles. The number of nitrogens with zero attached hydrogens (tertiary/aromatic N) is 2. The van der Waals surface area contributed by atoms with Gasteiger partial charge in [0.25, 0.3) is 5.69 Å². The SMILES string of the molecule is COc1ccc([N+](=O)[O-])cc1N1CCc2cc(O)ccc2C1. The molecule has 0 saturated heterocycles. The van der Waals surface area contributed by atoms with Crippen LogP contribution in [0.15, 0.2) is 36.4 Å². The maximum Gasteiger partial charge on any atom is 0.271 e. The van der Waals surface area contributed by atoms with Crippen molar-refractivity contribution < 1.29 is 14.8 Å². The molecule has 0 unspecified atom stereocenters. The van der Waals surface area contributed by atoms with Crippen LogP contribution >= 0.6 is 0 Å². The highest BCUT2D eigenvalue weighted by atomic mass is 16.6. The number of fused-ring (bicyclic) bond motifs is 1. The van der Waals surface area contributed by atoms with Crippen LogP contribution in [0.5, 0.6) is 11.5 Å². The zero-order chi connectivity index (χ0) is 15.7. The number of nitro groups is 1. The fourth-order valence-corrected chi connectivity index (χ4v) is 2.78. The number of hydrogen-bond donors (Lipinski definition) is 1. The molecular formula is C16H16N2O4. The number of nitro benzene ring substituents is 1. The van der Waals surface area contributed by atoms with Crippen molar-refractivity contribution in [2.75, 3.05) is 18.6 Å². The van der Waals surface area contributed by atoms with Gasteiger partial charge in [0.05, 0.1) is 17.7 Å². The molecule has 0 aliphatic carbocycles. The summed E-state index contributed by atoms with van der Waals surface area (Å²) in [6.07, 6.45) is 0.773. The molecule has 0 bridgehead atoms. The molecule has 2 aromatic rings. The van der Waals surface area contributed by atoms with E-state index in [0.29, 0.717) is 18.8 Å². The second-order valence-corrected chi connectivity index (χ2v) is 5.24. The van der Waals surface area contributed by atoms with Gasteiger partial charge in [-0.3, -0.25) is 10.1 Å². The Kier molecular flexibility index (Phi) is 3.58. The number of phenolic OH excluding ortho intramolecular Hbond substituents is 1. The van der Waals surface area contributed by atoms with Gasteiger partial charge in [0, 0.05) is 25.2 Å². The minimum atomic E-state index is -0.404. The van der Waals surface area contributed by atoms with Crippen molar-refractivity contribution in [2.45, 2.75) is 13.0 Å². The third-order valence-corrected chi connectivity index (χ3v) is 3.92. The Bertz CT molecular complexity index is 730. The van der Waals surface area contributed by atoms with Gasteiger partial charge in [0.15, 0.2) is 0 Å². The predicted molar refractivity (Wildman–Crippen MR) is 82.5 cm³/mol. The molecule has 0 atom stereocenters. The average molecular weight is 300 g/mol. The Labute approximate surface area is 127 Å². The summed E-state index contributed by atoms with van der Waals surface area (Å²) in [5, 5.41) is 20.5. The Morgan fingerprint density at radius 3 is 2.77 bits per heavy atom. The van der Waals surface area contributed by atoms with Crippen LogP contribution in [0.1, 0.15) is 11.1 Å². The molecule has 22 heavy (non-hydrogen) atoms. The summed E-state index contributed by atoms with van der Waals surface area (Å²) >= 11 is 0. The Morgan fingerprint density at radius 2 is 2.05 bits per heavy atom. The number of hydrogen-bond acceptors (Lipinski definition) is 5. The molecule has 0 aromatic heterocycles. The number of anilines is 1. The summed E-state index contributed by atoms with van der Waals surface area (Å²) in [5.74, 6) is 0.882. The summed E-state index contributed by atoms with van der Waals surface area (Å²) in [4.78, 5) is 12.6. The summed E-state index contributed by atoms with van der Waals surface area (Å²) in [5.41, 5.74) is 2.99. The summed E-state index contributed by atoms with van der Waals surface area (Å²) in [7, 11) is 1.56. The molecule has 6 nitrogen and oxygen atoms in total. The van der Waals surface area contributed by atoms with Crippen LogP contribution in [-0.4, -0.2) is 23.7 Å². The van der Waals surface area contributed by atoms with Crippen LogP contribution in [-0.2, 0) is 13.0 Å². The first-order chi connectivity index (χ1) is 10.6. The highest BCUT2D eigenvalue weighted by molar-refractivity contribution is 5.64. The van der Waals surface area contributed by atoms with E-state index in [1.165, 1.54) is 6.07 Å². The van der Waals surface area contributed by atoms with E-state index < -0.39 is 4.92 Å². The molecule has 1 aliphatic rings. The highest BCUT2D eigenvalue weighted by Crippen LogP contribution is 2.35. The standard InChI is InChI=1S/C16H16N2O4/c1-22-16-5-3-13(18(20)21)9-15(16)17-7-6-11-8-14(19)4-2-12(11)10-17/h2-5,8-9,19H,6-7,10H2,1H3. The first-order valence-corrected chi connectivity index (χ1v) is 6.96. The lowest BCUT2D eigenvalue weighted by Gasteiger charge is -2.31. The van der Waals surface area contributed by atoms with Crippen molar-refractivity contribution in [1.29, 1.82) is 0 Å². The minimum Gasteiger partial charge on any atom is -0.508 e. The van der Waals surface area contributed by atoms with Crippen LogP contribution in [0.3, 0.4) is 0 Å². The lowest BCUT2D eigenvalue weighted by molar-refractivity contribution is -0.384. The molecule has 6 heteroatoms. The molecule has 1 aliphatic heterocycles. The first kappa shape index (κ1) is 14.2. The van der Waals surface area contributed by atoms with Gasteiger partial charge in [0.1, 0.15) is 11.5 Å². The quantitative estimate of drug-likeness (QED) is 0.696. The Hall–Kier alpha value is -2.76. The van der Waals surface area contributed by atoms with Crippen LogP contribution in [0.4, 0.5) is 11.4 Å². The first-order valence-electron chi connectivity index (χ1n) is 6.96. The average Bonchev–Trinajstić information content (AvgIpc) is 2.53. The second-order valence-electron chi connectivity index (χ2n) is 5.24.